The molecule has 1 unspecified atom stereocenters. The lowest BCUT2D eigenvalue weighted by Crippen LogP contribution is -2.39. The predicted octanol–water partition coefficient (Wildman–Crippen LogP) is 5.36. The molecule has 0 saturated carbocycles. The van der Waals surface area contributed by atoms with Crippen LogP contribution in [0, 0.1) is 0 Å². The van der Waals surface area contributed by atoms with Crippen molar-refractivity contribution < 1.29 is 14.3 Å². The molecular weight excluding hydrogens is 551 g/mol. The molecule has 4 aromatic rings. The van der Waals surface area contributed by atoms with Crippen LogP contribution in [0.5, 0.6) is 5.75 Å². The van der Waals surface area contributed by atoms with Crippen molar-refractivity contribution in [3.63, 3.8) is 0 Å². The first-order chi connectivity index (χ1) is 17.9. The molecule has 0 aliphatic carbocycles. The number of benzene rings is 2. The molecule has 2 aromatic heterocycles. The first-order valence-electron chi connectivity index (χ1n) is 11.2. The van der Waals surface area contributed by atoms with Crippen molar-refractivity contribution in [3.05, 3.63) is 117 Å². The number of nitrogens with zero attached hydrogens (tertiary/aromatic N) is 2. The largest absolute Gasteiger partial charge is 0.489 e. The van der Waals surface area contributed by atoms with E-state index in [4.69, 9.17) is 32.7 Å². The molecule has 10 heteroatoms. The maximum absolute atomic E-state index is 13.5. The van der Waals surface area contributed by atoms with Gasteiger partial charge in [-0.2, -0.15) is 0 Å². The van der Waals surface area contributed by atoms with Crippen molar-refractivity contribution in [2.45, 2.75) is 19.6 Å². The molecule has 0 bridgehead atoms. The minimum Gasteiger partial charge on any atom is -0.489 e. The summed E-state index contributed by atoms with van der Waals surface area (Å²) < 4.78 is 13.0. The molecule has 0 radical (unpaired) electrons. The highest BCUT2D eigenvalue weighted by Crippen LogP contribution is 2.33. The van der Waals surface area contributed by atoms with Gasteiger partial charge in [0.05, 0.1) is 33.0 Å². The third-order valence-electron chi connectivity index (χ3n) is 5.81. The van der Waals surface area contributed by atoms with Gasteiger partial charge in [0, 0.05) is 4.88 Å². The minimum absolute atomic E-state index is 0.212. The second kappa shape index (κ2) is 10.7. The Kier molecular flexibility index (Phi) is 7.35. The van der Waals surface area contributed by atoms with E-state index in [1.54, 1.807) is 23.6 Å². The maximum Gasteiger partial charge on any atom is 0.338 e. The van der Waals surface area contributed by atoms with Crippen molar-refractivity contribution in [3.8, 4) is 5.75 Å². The minimum atomic E-state index is -0.581. The first-order valence-corrected chi connectivity index (χ1v) is 13.6. The standard InChI is InChI=1S/C27H20Cl2N2O4S2/c1-15-23(26(33)34-2)24(21-4-3-11-36-21)31-25(32)22(37-27(31)30-15)13-16-5-8-18(9-6-16)35-14-17-7-10-19(28)20(29)12-17/h3-13,24H,14H2,1-2H3. The number of carbonyl (C=O) groups is 1. The zero-order valence-electron chi connectivity index (χ0n) is 19.7. The van der Waals surface area contributed by atoms with Crippen LogP contribution in [0.2, 0.25) is 10.0 Å². The van der Waals surface area contributed by atoms with Gasteiger partial charge in [-0.25, -0.2) is 9.79 Å². The quantitative estimate of drug-likeness (QED) is 0.293. The maximum atomic E-state index is 13.5. The second-order valence-electron chi connectivity index (χ2n) is 8.19. The lowest BCUT2D eigenvalue weighted by atomic mass is 10.0. The number of aromatic nitrogens is 1. The Bertz CT molecular complexity index is 1690. The van der Waals surface area contributed by atoms with Gasteiger partial charge in [0.2, 0.25) is 0 Å². The number of thiazole rings is 1. The number of hydrogen-bond acceptors (Lipinski definition) is 7. The van der Waals surface area contributed by atoms with Crippen molar-refractivity contribution >= 4 is 57.9 Å². The Labute approximate surface area is 230 Å². The molecule has 0 fully saturated rings. The molecule has 2 aromatic carbocycles. The molecule has 0 spiro atoms. The molecule has 1 aliphatic heterocycles. The highest BCUT2D eigenvalue weighted by atomic mass is 35.5. The first kappa shape index (κ1) is 25.5. The fraction of sp³-hybridized carbons (Fsp3) is 0.148. The van der Waals surface area contributed by atoms with Gasteiger partial charge >= 0.3 is 5.97 Å². The van der Waals surface area contributed by atoms with Crippen LogP contribution in [0.1, 0.15) is 29.0 Å². The van der Waals surface area contributed by atoms with Crippen LogP contribution in [0.4, 0.5) is 0 Å². The number of fused-ring (bicyclic) bond motifs is 1. The summed E-state index contributed by atoms with van der Waals surface area (Å²) in [6.45, 7) is 2.11. The van der Waals surface area contributed by atoms with E-state index in [0.29, 0.717) is 43.0 Å². The van der Waals surface area contributed by atoms with E-state index in [0.717, 1.165) is 16.0 Å². The second-order valence-corrected chi connectivity index (χ2v) is 11.0. The molecule has 0 N–H and O–H groups in total. The Morgan fingerprint density at radius 1 is 1.14 bits per heavy atom. The third kappa shape index (κ3) is 5.15. The van der Waals surface area contributed by atoms with Crippen molar-refractivity contribution in [1.82, 2.24) is 4.57 Å². The molecular formula is C27H20Cl2N2O4S2. The summed E-state index contributed by atoms with van der Waals surface area (Å²) in [6.07, 6.45) is 1.81. The molecule has 1 atom stereocenters. The zero-order chi connectivity index (χ0) is 26.1. The average molecular weight is 572 g/mol. The van der Waals surface area contributed by atoms with Crippen molar-refractivity contribution in [2.24, 2.45) is 4.99 Å². The molecule has 1 aliphatic rings. The van der Waals surface area contributed by atoms with Gasteiger partial charge in [0.15, 0.2) is 4.80 Å². The number of ether oxygens (including phenoxy) is 2. The number of hydrogen-bond donors (Lipinski definition) is 0. The van der Waals surface area contributed by atoms with Crippen LogP contribution >= 0.6 is 45.9 Å². The van der Waals surface area contributed by atoms with E-state index in [1.807, 2.05) is 53.9 Å². The molecule has 0 amide bonds. The average Bonchev–Trinajstić information content (AvgIpc) is 3.53. The number of allylic oxidation sites excluding steroid dienone is 1. The van der Waals surface area contributed by atoms with Crippen molar-refractivity contribution in [2.75, 3.05) is 7.11 Å². The van der Waals surface area contributed by atoms with Crippen LogP contribution in [0.3, 0.4) is 0 Å². The number of methoxy groups -OCH3 is 1. The zero-order valence-corrected chi connectivity index (χ0v) is 22.9. The highest BCUT2D eigenvalue weighted by Gasteiger charge is 2.33. The van der Waals surface area contributed by atoms with E-state index in [-0.39, 0.29) is 5.56 Å². The summed E-state index contributed by atoms with van der Waals surface area (Å²) in [5.41, 5.74) is 2.44. The lowest BCUT2D eigenvalue weighted by Gasteiger charge is -2.22. The molecule has 3 heterocycles. The van der Waals surface area contributed by atoms with E-state index in [2.05, 4.69) is 4.99 Å². The van der Waals surface area contributed by atoms with Gasteiger partial charge < -0.3 is 9.47 Å². The highest BCUT2D eigenvalue weighted by molar-refractivity contribution is 7.10. The fourth-order valence-electron chi connectivity index (χ4n) is 4.02. The van der Waals surface area contributed by atoms with Crippen LogP contribution in [-0.4, -0.2) is 17.6 Å². The number of rotatable bonds is 6. The van der Waals surface area contributed by atoms with Crippen LogP contribution in [0.15, 0.2) is 81.0 Å². The summed E-state index contributed by atoms with van der Waals surface area (Å²) in [6, 6.07) is 16.0. The Hall–Kier alpha value is -3.17. The Balaban J connectivity index is 1.45. The number of carbonyl (C=O) groups excluding carboxylic acids is 1. The van der Waals surface area contributed by atoms with Crippen LogP contribution in [-0.2, 0) is 16.1 Å². The summed E-state index contributed by atoms with van der Waals surface area (Å²) >= 11 is 14.8. The van der Waals surface area contributed by atoms with E-state index in [1.165, 1.54) is 29.8 Å². The Morgan fingerprint density at radius 2 is 1.92 bits per heavy atom. The molecule has 6 nitrogen and oxygen atoms in total. The van der Waals surface area contributed by atoms with Gasteiger partial charge in [0.1, 0.15) is 18.4 Å². The van der Waals surface area contributed by atoms with Gasteiger partial charge in [-0.05, 0) is 59.8 Å². The molecule has 0 saturated heterocycles. The summed E-state index contributed by atoms with van der Waals surface area (Å²) in [5, 5.41) is 2.90. The SMILES string of the molecule is COC(=O)C1=C(C)N=c2sc(=Cc3ccc(OCc4ccc(Cl)c(Cl)c4)cc3)c(=O)n2C1c1cccs1. The summed E-state index contributed by atoms with van der Waals surface area (Å²) in [7, 11) is 1.33. The number of esters is 1. The smallest absolute Gasteiger partial charge is 0.338 e. The number of halogens is 2. The van der Waals surface area contributed by atoms with E-state index >= 15 is 0 Å². The molecule has 188 valence electrons. The van der Waals surface area contributed by atoms with E-state index in [9.17, 15) is 9.59 Å². The molecule has 5 rings (SSSR count). The van der Waals surface area contributed by atoms with E-state index < -0.39 is 12.0 Å². The lowest BCUT2D eigenvalue weighted by molar-refractivity contribution is -0.136. The van der Waals surface area contributed by atoms with Gasteiger partial charge in [-0.1, -0.05) is 58.8 Å². The monoisotopic (exact) mass is 570 g/mol. The van der Waals surface area contributed by atoms with Gasteiger partial charge in [-0.3, -0.25) is 9.36 Å². The van der Waals surface area contributed by atoms with Crippen LogP contribution in [0.25, 0.3) is 6.08 Å². The Morgan fingerprint density at radius 3 is 2.59 bits per heavy atom. The van der Waals surface area contributed by atoms with Gasteiger partial charge in [0.25, 0.3) is 5.56 Å². The molecule has 37 heavy (non-hydrogen) atoms. The third-order valence-corrected chi connectivity index (χ3v) is 8.45. The summed E-state index contributed by atoms with van der Waals surface area (Å²) in [5.74, 6) is 0.186. The van der Waals surface area contributed by atoms with Gasteiger partial charge in [-0.15, -0.1) is 11.3 Å². The normalized spacial score (nSPS) is 15.4. The summed E-state index contributed by atoms with van der Waals surface area (Å²) in [4.78, 5) is 32.1. The van der Waals surface area contributed by atoms with Crippen LogP contribution < -0.4 is 19.6 Å². The van der Waals surface area contributed by atoms with Crippen molar-refractivity contribution in [1.29, 1.82) is 0 Å². The topological polar surface area (TPSA) is 69.9 Å². The predicted molar refractivity (Wildman–Crippen MR) is 147 cm³/mol. The fourth-order valence-corrected chi connectivity index (χ4v) is 6.21. The number of thiophene rings is 1.